The second-order valence-electron chi connectivity index (χ2n) is 5.27. The van der Waals surface area contributed by atoms with Crippen LogP contribution in [-0.4, -0.2) is 47.9 Å². The summed E-state index contributed by atoms with van der Waals surface area (Å²) in [6, 6.07) is 3.44. The molecule has 1 fully saturated rings. The number of carbonyl (C=O) groups is 1. The standard InChI is InChI=1S/C14H21ClN4O2/c1-10(5-8-20)17-14(21)18-11-4-7-19(9-11)13-12(15)3-2-6-16-13/h2-3,6,10-11,20H,4-5,7-9H2,1H3,(H2,17,18,21)/t10-,11?/m1/s1. The number of hydrogen-bond acceptors (Lipinski definition) is 4. The van der Waals surface area contributed by atoms with Gasteiger partial charge in [-0.2, -0.15) is 0 Å². The summed E-state index contributed by atoms with van der Waals surface area (Å²) >= 11 is 6.13. The fourth-order valence-corrected chi connectivity index (χ4v) is 2.64. The van der Waals surface area contributed by atoms with E-state index in [-0.39, 0.29) is 24.7 Å². The second-order valence-corrected chi connectivity index (χ2v) is 5.68. The molecule has 0 aliphatic carbocycles. The van der Waals surface area contributed by atoms with Gasteiger partial charge in [0.2, 0.25) is 0 Å². The molecule has 1 aliphatic heterocycles. The van der Waals surface area contributed by atoms with Gasteiger partial charge in [0.05, 0.1) is 5.02 Å². The number of amides is 2. The van der Waals surface area contributed by atoms with Crippen LogP contribution < -0.4 is 15.5 Å². The van der Waals surface area contributed by atoms with Gasteiger partial charge in [0.25, 0.3) is 0 Å². The van der Waals surface area contributed by atoms with Crippen LogP contribution in [0.5, 0.6) is 0 Å². The van der Waals surface area contributed by atoms with Crippen molar-refractivity contribution in [3.05, 3.63) is 23.4 Å². The molecule has 2 rings (SSSR count). The largest absolute Gasteiger partial charge is 0.396 e. The van der Waals surface area contributed by atoms with E-state index in [0.29, 0.717) is 18.0 Å². The van der Waals surface area contributed by atoms with Crippen molar-refractivity contribution in [2.75, 3.05) is 24.6 Å². The summed E-state index contributed by atoms with van der Waals surface area (Å²) in [5.41, 5.74) is 0. The van der Waals surface area contributed by atoms with Crippen LogP contribution in [0, 0.1) is 0 Å². The van der Waals surface area contributed by atoms with Crippen molar-refractivity contribution in [1.29, 1.82) is 0 Å². The number of anilines is 1. The number of carbonyl (C=O) groups excluding carboxylic acids is 1. The first kappa shape index (κ1) is 15.9. The maximum atomic E-state index is 11.8. The Labute approximate surface area is 129 Å². The molecule has 116 valence electrons. The zero-order chi connectivity index (χ0) is 15.2. The molecule has 1 aromatic rings. The lowest BCUT2D eigenvalue weighted by Gasteiger charge is -2.20. The lowest BCUT2D eigenvalue weighted by atomic mass is 10.2. The third-order valence-electron chi connectivity index (χ3n) is 3.50. The third-order valence-corrected chi connectivity index (χ3v) is 3.80. The molecule has 0 radical (unpaired) electrons. The molecule has 21 heavy (non-hydrogen) atoms. The average molecular weight is 313 g/mol. The monoisotopic (exact) mass is 312 g/mol. The van der Waals surface area contributed by atoms with E-state index in [1.807, 2.05) is 13.0 Å². The molecule has 2 amide bonds. The molecule has 2 heterocycles. The van der Waals surface area contributed by atoms with Crippen LogP contribution in [0.3, 0.4) is 0 Å². The van der Waals surface area contributed by atoms with E-state index in [1.165, 1.54) is 0 Å². The Bertz CT molecular complexity index is 486. The Kier molecular flexibility index (Phi) is 5.64. The number of aliphatic hydroxyl groups is 1. The molecule has 1 aromatic heterocycles. The Morgan fingerprint density at radius 1 is 1.67 bits per heavy atom. The number of halogens is 1. The Balaban J connectivity index is 1.83. The predicted molar refractivity (Wildman–Crippen MR) is 82.7 cm³/mol. The highest BCUT2D eigenvalue weighted by Gasteiger charge is 2.26. The van der Waals surface area contributed by atoms with E-state index in [1.54, 1.807) is 12.3 Å². The number of hydrogen-bond donors (Lipinski definition) is 3. The third kappa shape index (κ3) is 4.47. The van der Waals surface area contributed by atoms with Gasteiger partial charge < -0.3 is 20.6 Å². The smallest absolute Gasteiger partial charge is 0.315 e. The molecular formula is C14H21ClN4O2. The van der Waals surface area contributed by atoms with Gasteiger partial charge in [-0.15, -0.1) is 0 Å². The van der Waals surface area contributed by atoms with Gasteiger partial charge in [-0.25, -0.2) is 9.78 Å². The van der Waals surface area contributed by atoms with Crippen LogP contribution in [0.15, 0.2) is 18.3 Å². The molecular weight excluding hydrogens is 292 g/mol. The molecule has 1 saturated heterocycles. The first-order chi connectivity index (χ1) is 10.1. The molecule has 6 nitrogen and oxygen atoms in total. The minimum Gasteiger partial charge on any atom is -0.396 e. The van der Waals surface area contributed by atoms with Crippen molar-refractivity contribution in [1.82, 2.24) is 15.6 Å². The van der Waals surface area contributed by atoms with Gasteiger partial charge >= 0.3 is 6.03 Å². The fraction of sp³-hybridized carbons (Fsp3) is 0.571. The van der Waals surface area contributed by atoms with Crippen LogP contribution >= 0.6 is 11.6 Å². The molecule has 1 aliphatic rings. The number of nitrogens with one attached hydrogen (secondary N) is 2. The van der Waals surface area contributed by atoms with E-state index < -0.39 is 0 Å². The minimum absolute atomic E-state index is 0.0438. The summed E-state index contributed by atoms with van der Waals surface area (Å²) < 4.78 is 0. The van der Waals surface area contributed by atoms with Crippen LogP contribution in [0.1, 0.15) is 19.8 Å². The van der Waals surface area contributed by atoms with E-state index in [9.17, 15) is 4.79 Å². The summed E-state index contributed by atoms with van der Waals surface area (Å²) in [5, 5.41) is 15.2. The highest BCUT2D eigenvalue weighted by atomic mass is 35.5. The normalized spacial score (nSPS) is 19.4. The van der Waals surface area contributed by atoms with Gasteiger partial charge in [-0.3, -0.25) is 0 Å². The van der Waals surface area contributed by atoms with E-state index in [2.05, 4.69) is 20.5 Å². The number of aromatic nitrogens is 1. The SMILES string of the molecule is C[C@H](CCO)NC(=O)NC1CCN(c2ncccc2Cl)C1. The Morgan fingerprint density at radius 3 is 3.19 bits per heavy atom. The summed E-state index contributed by atoms with van der Waals surface area (Å²) in [6.07, 6.45) is 3.12. The molecule has 3 N–H and O–H groups in total. The van der Waals surface area contributed by atoms with Crippen molar-refractivity contribution < 1.29 is 9.90 Å². The van der Waals surface area contributed by atoms with Crippen molar-refractivity contribution >= 4 is 23.4 Å². The van der Waals surface area contributed by atoms with Crippen molar-refractivity contribution in [3.8, 4) is 0 Å². The number of nitrogens with zero attached hydrogens (tertiary/aromatic N) is 2. The van der Waals surface area contributed by atoms with Gasteiger partial charge in [0, 0.05) is 38.0 Å². The summed E-state index contributed by atoms with van der Waals surface area (Å²) in [5.74, 6) is 0.762. The number of rotatable bonds is 5. The van der Waals surface area contributed by atoms with Crippen molar-refractivity contribution in [3.63, 3.8) is 0 Å². The summed E-state index contributed by atoms with van der Waals surface area (Å²) in [7, 11) is 0. The first-order valence-corrected chi connectivity index (χ1v) is 7.51. The van der Waals surface area contributed by atoms with Gasteiger partial charge in [-0.05, 0) is 31.9 Å². The van der Waals surface area contributed by atoms with Gasteiger partial charge in [0.15, 0.2) is 0 Å². The zero-order valence-electron chi connectivity index (χ0n) is 12.1. The lowest BCUT2D eigenvalue weighted by molar-refractivity contribution is 0.228. The topological polar surface area (TPSA) is 77.5 Å². The quantitative estimate of drug-likeness (QED) is 0.768. The first-order valence-electron chi connectivity index (χ1n) is 7.13. The fourth-order valence-electron chi connectivity index (χ4n) is 2.40. The number of pyridine rings is 1. The summed E-state index contributed by atoms with van der Waals surface area (Å²) in [4.78, 5) is 18.2. The lowest BCUT2D eigenvalue weighted by Crippen LogP contribution is -2.46. The van der Waals surface area contributed by atoms with E-state index in [4.69, 9.17) is 16.7 Å². The predicted octanol–water partition coefficient (Wildman–Crippen LogP) is 1.38. The van der Waals surface area contributed by atoms with Crippen LogP contribution in [0.2, 0.25) is 5.02 Å². The number of urea groups is 1. The van der Waals surface area contributed by atoms with E-state index in [0.717, 1.165) is 18.8 Å². The van der Waals surface area contributed by atoms with Gasteiger partial charge in [-0.1, -0.05) is 11.6 Å². The van der Waals surface area contributed by atoms with Crippen LogP contribution in [0.4, 0.5) is 10.6 Å². The van der Waals surface area contributed by atoms with Crippen LogP contribution in [-0.2, 0) is 0 Å². The molecule has 2 atom stereocenters. The van der Waals surface area contributed by atoms with Gasteiger partial charge in [0.1, 0.15) is 5.82 Å². The zero-order valence-corrected chi connectivity index (χ0v) is 12.8. The average Bonchev–Trinajstić information content (AvgIpc) is 2.87. The van der Waals surface area contributed by atoms with Crippen molar-refractivity contribution in [2.45, 2.75) is 31.8 Å². The second kappa shape index (κ2) is 7.47. The van der Waals surface area contributed by atoms with Crippen LogP contribution in [0.25, 0.3) is 0 Å². The van der Waals surface area contributed by atoms with E-state index >= 15 is 0 Å². The molecule has 1 unspecified atom stereocenters. The molecule has 0 saturated carbocycles. The molecule has 0 aromatic carbocycles. The maximum Gasteiger partial charge on any atom is 0.315 e. The Hall–Kier alpha value is -1.53. The molecule has 0 spiro atoms. The highest BCUT2D eigenvalue weighted by molar-refractivity contribution is 6.32. The highest BCUT2D eigenvalue weighted by Crippen LogP contribution is 2.25. The summed E-state index contributed by atoms with van der Waals surface area (Å²) in [6.45, 7) is 3.44. The van der Waals surface area contributed by atoms with Crippen molar-refractivity contribution in [2.24, 2.45) is 0 Å². The minimum atomic E-state index is -0.199. The maximum absolute atomic E-state index is 11.8. The molecule has 0 bridgehead atoms. The molecule has 7 heteroatoms. The number of aliphatic hydroxyl groups excluding tert-OH is 1. The Morgan fingerprint density at radius 2 is 2.48 bits per heavy atom.